The van der Waals surface area contributed by atoms with Crippen LogP contribution in [0.25, 0.3) is 0 Å². The molecule has 0 spiro atoms. The van der Waals surface area contributed by atoms with Gasteiger partial charge < -0.3 is 4.74 Å². The van der Waals surface area contributed by atoms with Crippen LogP contribution in [0.4, 0.5) is 0 Å². The van der Waals surface area contributed by atoms with Crippen LogP contribution in [0.15, 0.2) is 48.5 Å². The van der Waals surface area contributed by atoms with Crippen molar-refractivity contribution in [2.45, 2.75) is 26.2 Å². The first-order chi connectivity index (χ1) is 9.38. The predicted octanol–water partition coefficient (Wildman–Crippen LogP) is 4.86. The van der Waals surface area contributed by atoms with E-state index >= 15 is 0 Å². The van der Waals surface area contributed by atoms with Gasteiger partial charge in [-0.2, -0.15) is 0 Å². The molecule has 0 radical (unpaired) electrons. The summed E-state index contributed by atoms with van der Waals surface area (Å²) in [5.74, 6) is -0.0300. The second-order valence-corrected chi connectivity index (χ2v) is 6.05. The Morgan fingerprint density at radius 3 is 2.15 bits per heavy atom. The van der Waals surface area contributed by atoms with Gasteiger partial charge in [-0.1, -0.05) is 56.6 Å². The maximum Gasteiger partial charge on any atom is 0.343 e. The third kappa shape index (κ3) is 3.40. The molecular weight excluding hydrogens is 272 g/mol. The molecule has 0 bridgehead atoms. The van der Waals surface area contributed by atoms with Crippen LogP contribution in [0.3, 0.4) is 0 Å². The first-order valence-corrected chi connectivity index (χ1v) is 6.83. The molecule has 104 valence electrons. The Hall–Kier alpha value is -1.80. The molecule has 20 heavy (non-hydrogen) atoms. The van der Waals surface area contributed by atoms with Crippen LogP contribution in [-0.2, 0) is 5.41 Å². The van der Waals surface area contributed by atoms with Crippen LogP contribution in [0.2, 0.25) is 5.02 Å². The van der Waals surface area contributed by atoms with E-state index in [2.05, 4.69) is 20.8 Å². The third-order valence-corrected chi connectivity index (χ3v) is 3.34. The van der Waals surface area contributed by atoms with Crippen LogP contribution >= 0.6 is 11.6 Å². The normalized spacial score (nSPS) is 11.2. The molecule has 0 aliphatic rings. The van der Waals surface area contributed by atoms with E-state index in [-0.39, 0.29) is 5.41 Å². The summed E-state index contributed by atoms with van der Waals surface area (Å²) >= 11 is 5.96. The number of carbonyl (C=O) groups excluding carboxylic acids is 1. The summed E-state index contributed by atoms with van der Waals surface area (Å²) < 4.78 is 5.29. The fourth-order valence-electron chi connectivity index (χ4n) is 1.79. The predicted molar refractivity (Wildman–Crippen MR) is 81.6 cm³/mol. The van der Waals surface area contributed by atoms with Crippen molar-refractivity contribution < 1.29 is 9.53 Å². The topological polar surface area (TPSA) is 26.3 Å². The lowest BCUT2D eigenvalue weighted by Crippen LogP contribution is -2.13. The number of carbonyl (C=O) groups is 1. The van der Waals surface area contributed by atoms with E-state index in [1.54, 1.807) is 36.4 Å². The van der Waals surface area contributed by atoms with Gasteiger partial charge in [0.15, 0.2) is 0 Å². The molecule has 0 saturated carbocycles. The van der Waals surface area contributed by atoms with Crippen molar-refractivity contribution in [1.82, 2.24) is 0 Å². The van der Waals surface area contributed by atoms with Crippen molar-refractivity contribution in [2.75, 3.05) is 0 Å². The SMILES string of the molecule is CC(C)(C)c1ccc(C(=O)Oc2ccccc2Cl)cc1. The molecule has 0 amide bonds. The minimum atomic E-state index is -0.404. The Labute approximate surface area is 124 Å². The molecule has 0 unspecified atom stereocenters. The van der Waals surface area contributed by atoms with Crippen molar-refractivity contribution in [1.29, 1.82) is 0 Å². The molecular formula is C17H17ClO2. The average Bonchev–Trinajstić information content (AvgIpc) is 2.40. The highest BCUT2D eigenvalue weighted by atomic mass is 35.5. The van der Waals surface area contributed by atoms with E-state index in [4.69, 9.17) is 16.3 Å². The van der Waals surface area contributed by atoms with Gasteiger partial charge in [0.2, 0.25) is 0 Å². The van der Waals surface area contributed by atoms with Crippen LogP contribution in [0.1, 0.15) is 36.7 Å². The zero-order valence-electron chi connectivity index (χ0n) is 11.8. The van der Waals surface area contributed by atoms with E-state index in [0.29, 0.717) is 16.3 Å². The van der Waals surface area contributed by atoms with Gasteiger partial charge in [-0.3, -0.25) is 0 Å². The lowest BCUT2D eigenvalue weighted by atomic mass is 9.87. The standard InChI is InChI=1S/C17H17ClO2/c1-17(2,3)13-10-8-12(9-11-13)16(19)20-15-7-5-4-6-14(15)18/h4-11H,1-3H3. The quantitative estimate of drug-likeness (QED) is 0.583. The van der Waals surface area contributed by atoms with E-state index in [0.717, 1.165) is 0 Å². The molecule has 0 saturated heterocycles. The van der Waals surface area contributed by atoms with E-state index < -0.39 is 5.97 Å². The monoisotopic (exact) mass is 288 g/mol. The highest BCUT2D eigenvalue weighted by Crippen LogP contribution is 2.25. The first kappa shape index (κ1) is 14.6. The Morgan fingerprint density at radius 2 is 1.60 bits per heavy atom. The maximum absolute atomic E-state index is 12.0. The summed E-state index contributed by atoms with van der Waals surface area (Å²) in [6, 6.07) is 14.4. The fraction of sp³-hybridized carbons (Fsp3) is 0.235. The van der Waals surface area contributed by atoms with Crippen molar-refractivity contribution in [3.63, 3.8) is 0 Å². The Bertz CT molecular complexity index is 610. The van der Waals surface area contributed by atoms with Gasteiger partial charge in [-0.15, -0.1) is 0 Å². The fourth-order valence-corrected chi connectivity index (χ4v) is 1.97. The summed E-state index contributed by atoms with van der Waals surface area (Å²) in [6.45, 7) is 6.39. The van der Waals surface area contributed by atoms with Crippen LogP contribution in [-0.4, -0.2) is 5.97 Å². The molecule has 2 aromatic rings. The van der Waals surface area contributed by atoms with E-state index in [1.165, 1.54) is 5.56 Å². The second-order valence-electron chi connectivity index (χ2n) is 5.65. The molecule has 2 aromatic carbocycles. The third-order valence-electron chi connectivity index (χ3n) is 3.03. The number of benzene rings is 2. The van der Waals surface area contributed by atoms with Gasteiger partial charge in [-0.05, 0) is 35.2 Å². The van der Waals surface area contributed by atoms with Gasteiger partial charge in [0.05, 0.1) is 10.6 Å². The number of halogens is 1. The number of hydrogen-bond donors (Lipinski definition) is 0. The minimum absolute atomic E-state index is 0.0607. The highest BCUT2D eigenvalue weighted by molar-refractivity contribution is 6.32. The molecule has 0 aromatic heterocycles. The number of rotatable bonds is 2. The molecule has 0 aliphatic carbocycles. The van der Waals surface area contributed by atoms with Gasteiger partial charge in [0, 0.05) is 0 Å². The van der Waals surface area contributed by atoms with Gasteiger partial charge in [0.25, 0.3) is 0 Å². The van der Waals surface area contributed by atoms with Gasteiger partial charge >= 0.3 is 5.97 Å². The Kier molecular flexibility index (Phi) is 4.15. The van der Waals surface area contributed by atoms with Crippen LogP contribution in [0, 0.1) is 0 Å². The van der Waals surface area contributed by atoms with Crippen LogP contribution < -0.4 is 4.74 Å². The van der Waals surface area contributed by atoms with Crippen LogP contribution in [0.5, 0.6) is 5.75 Å². The maximum atomic E-state index is 12.0. The van der Waals surface area contributed by atoms with Gasteiger partial charge in [-0.25, -0.2) is 4.79 Å². The molecule has 3 heteroatoms. The Balaban J connectivity index is 2.16. The van der Waals surface area contributed by atoms with Crippen molar-refractivity contribution in [3.05, 3.63) is 64.7 Å². The average molecular weight is 289 g/mol. The molecule has 0 heterocycles. The van der Waals surface area contributed by atoms with Crippen molar-refractivity contribution in [3.8, 4) is 5.75 Å². The number of ether oxygens (including phenoxy) is 1. The highest BCUT2D eigenvalue weighted by Gasteiger charge is 2.15. The molecule has 2 nitrogen and oxygen atoms in total. The number of para-hydroxylation sites is 1. The molecule has 0 N–H and O–H groups in total. The number of esters is 1. The summed E-state index contributed by atoms with van der Waals surface area (Å²) in [5, 5.41) is 0.423. The first-order valence-electron chi connectivity index (χ1n) is 6.45. The molecule has 0 aliphatic heterocycles. The zero-order valence-corrected chi connectivity index (χ0v) is 12.6. The lowest BCUT2D eigenvalue weighted by molar-refractivity contribution is 0.0735. The van der Waals surface area contributed by atoms with E-state index in [1.807, 2.05) is 12.1 Å². The Morgan fingerprint density at radius 1 is 1.00 bits per heavy atom. The van der Waals surface area contributed by atoms with Crippen molar-refractivity contribution in [2.24, 2.45) is 0 Å². The second kappa shape index (κ2) is 5.68. The summed E-state index contributed by atoms with van der Waals surface area (Å²) in [6.07, 6.45) is 0. The molecule has 2 rings (SSSR count). The largest absolute Gasteiger partial charge is 0.421 e. The molecule has 0 atom stereocenters. The summed E-state index contributed by atoms with van der Waals surface area (Å²) in [7, 11) is 0. The smallest absolute Gasteiger partial charge is 0.343 e. The summed E-state index contributed by atoms with van der Waals surface area (Å²) in [4.78, 5) is 12.0. The summed E-state index contributed by atoms with van der Waals surface area (Å²) in [5.41, 5.74) is 1.75. The number of hydrogen-bond acceptors (Lipinski definition) is 2. The van der Waals surface area contributed by atoms with Crippen molar-refractivity contribution >= 4 is 17.6 Å². The molecule has 0 fully saturated rings. The van der Waals surface area contributed by atoms with Gasteiger partial charge in [0.1, 0.15) is 5.75 Å². The lowest BCUT2D eigenvalue weighted by Gasteiger charge is -2.18. The minimum Gasteiger partial charge on any atom is -0.421 e. The van der Waals surface area contributed by atoms with E-state index in [9.17, 15) is 4.79 Å². The zero-order chi connectivity index (χ0) is 14.8.